The van der Waals surface area contributed by atoms with Crippen LogP contribution in [0.5, 0.6) is 0 Å². The largest absolute Gasteiger partial charge is 0.388 e. The van der Waals surface area contributed by atoms with Crippen molar-refractivity contribution in [3.8, 4) is 0 Å². The molecule has 1 aliphatic carbocycles. The number of carbonyl (C=O) groups is 1. The Morgan fingerprint density at radius 3 is 2.97 bits per heavy atom. The lowest BCUT2D eigenvalue weighted by molar-refractivity contribution is -0.0202. The van der Waals surface area contributed by atoms with E-state index in [1.165, 1.54) is 23.5 Å². The first-order valence-electron chi connectivity index (χ1n) is 10.1. The van der Waals surface area contributed by atoms with Crippen LogP contribution < -0.4 is 5.32 Å². The number of hydrogen-bond acceptors (Lipinski definition) is 5. The van der Waals surface area contributed by atoms with Crippen LogP contribution in [0, 0.1) is 0 Å². The first-order valence-corrected chi connectivity index (χ1v) is 10.9. The summed E-state index contributed by atoms with van der Waals surface area (Å²) in [7, 11) is 0. The molecule has 2 aliphatic rings. The number of benzene rings is 1. The van der Waals surface area contributed by atoms with E-state index in [0.29, 0.717) is 42.7 Å². The van der Waals surface area contributed by atoms with Gasteiger partial charge in [-0.3, -0.25) is 4.79 Å². The van der Waals surface area contributed by atoms with Crippen molar-refractivity contribution in [1.29, 1.82) is 0 Å². The fraction of sp³-hybridized carbons (Fsp3) is 0.429. The summed E-state index contributed by atoms with van der Waals surface area (Å²) in [5.41, 5.74) is 1.13. The number of alkyl halides is 2. The Bertz CT molecular complexity index is 1110. The topological polar surface area (TPSA) is 81.2 Å². The zero-order chi connectivity index (χ0) is 20.9. The molecule has 2 aromatic heterocycles. The van der Waals surface area contributed by atoms with Gasteiger partial charge in [-0.2, -0.15) is 0 Å². The van der Waals surface area contributed by atoms with Crippen molar-refractivity contribution in [2.75, 3.05) is 18.4 Å². The van der Waals surface area contributed by atoms with Crippen molar-refractivity contribution in [3.63, 3.8) is 0 Å². The van der Waals surface area contributed by atoms with Crippen LogP contribution in [0.25, 0.3) is 10.9 Å². The van der Waals surface area contributed by atoms with Crippen molar-refractivity contribution in [2.45, 2.75) is 44.3 Å². The van der Waals surface area contributed by atoms with Crippen molar-refractivity contribution in [2.24, 2.45) is 0 Å². The zero-order valence-electron chi connectivity index (χ0n) is 16.3. The van der Waals surface area contributed by atoms with Crippen LogP contribution in [-0.4, -0.2) is 44.6 Å². The second kappa shape index (κ2) is 7.31. The molecule has 0 atom stereocenters. The normalized spacial score (nSPS) is 17.8. The standard InChI is InChI=1S/C21H22F2N4O2S/c22-18(23)12-3-1-4-14-13(12)9-16(25-14)19(28)27-8-5-15-17(10-27)30-20(26-15)24-11-21(29)6-2-7-21/h1,3-4,9,18,25,29H,2,5-8,10-11H2,(H,24,26). The molecule has 3 heterocycles. The van der Waals surface area contributed by atoms with Gasteiger partial charge in [0.15, 0.2) is 5.13 Å². The van der Waals surface area contributed by atoms with Gasteiger partial charge < -0.3 is 20.3 Å². The average molecular weight is 432 g/mol. The third kappa shape index (κ3) is 3.45. The lowest BCUT2D eigenvalue weighted by Crippen LogP contribution is -2.43. The molecule has 6 nitrogen and oxygen atoms in total. The van der Waals surface area contributed by atoms with Gasteiger partial charge in [0.05, 0.1) is 17.8 Å². The van der Waals surface area contributed by atoms with Gasteiger partial charge in [0, 0.05) is 40.9 Å². The number of carbonyl (C=O) groups excluding carboxylic acids is 1. The van der Waals surface area contributed by atoms with Gasteiger partial charge in [-0.15, -0.1) is 0 Å². The van der Waals surface area contributed by atoms with Crippen LogP contribution in [0.2, 0.25) is 0 Å². The Kier molecular flexibility index (Phi) is 4.74. The number of nitrogens with one attached hydrogen (secondary N) is 2. The van der Waals surface area contributed by atoms with Crippen LogP contribution in [0.3, 0.4) is 0 Å². The fourth-order valence-electron chi connectivity index (χ4n) is 4.10. The zero-order valence-corrected chi connectivity index (χ0v) is 17.1. The molecular formula is C21H22F2N4O2S. The van der Waals surface area contributed by atoms with E-state index in [2.05, 4.69) is 15.3 Å². The predicted octanol–water partition coefficient (Wildman–Crippen LogP) is 4.09. The van der Waals surface area contributed by atoms with Gasteiger partial charge in [0.25, 0.3) is 12.3 Å². The summed E-state index contributed by atoms with van der Waals surface area (Å²) in [6.45, 7) is 1.45. The number of amides is 1. The molecule has 9 heteroatoms. The molecule has 1 amide bonds. The van der Waals surface area contributed by atoms with E-state index in [0.717, 1.165) is 35.0 Å². The molecule has 0 bridgehead atoms. The van der Waals surface area contributed by atoms with E-state index >= 15 is 0 Å². The highest BCUT2D eigenvalue weighted by molar-refractivity contribution is 7.15. The molecule has 0 spiro atoms. The first kappa shape index (κ1) is 19.4. The molecular weight excluding hydrogens is 410 g/mol. The Balaban J connectivity index is 1.31. The lowest BCUT2D eigenvalue weighted by atomic mass is 9.80. The minimum absolute atomic E-state index is 0.0741. The van der Waals surface area contributed by atoms with Gasteiger partial charge in [-0.25, -0.2) is 13.8 Å². The first-order chi connectivity index (χ1) is 14.4. The minimum Gasteiger partial charge on any atom is -0.388 e. The van der Waals surface area contributed by atoms with Gasteiger partial charge >= 0.3 is 0 Å². The maximum absolute atomic E-state index is 13.3. The highest BCUT2D eigenvalue weighted by Crippen LogP contribution is 2.34. The Morgan fingerprint density at radius 2 is 2.23 bits per heavy atom. The molecule has 1 fully saturated rings. The number of halogens is 2. The van der Waals surface area contributed by atoms with E-state index in [1.807, 2.05) is 0 Å². The number of fused-ring (bicyclic) bond motifs is 2. The molecule has 3 N–H and O–H groups in total. The summed E-state index contributed by atoms with van der Waals surface area (Å²) in [6.07, 6.45) is 0.726. The second-order valence-electron chi connectivity index (χ2n) is 8.09. The van der Waals surface area contributed by atoms with Crippen molar-refractivity contribution in [1.82, 2.24) is 14.9 Å². The van der Waals surface area contributed by atoms with Crippen LogP contribution in [0.4, 0.5) is 13.9 Å². The monoisotopic (exact) mass is 432 g/mol. The number of nitrogens with zero attached hydrogens (tertiary/aromatic N) is 2. The number of anilines is 1. The SMILES string of the molecule is O=C(c1cc2c(C(F)F)cccc2[nH]1)N1CCc2nc(NCC3(O)CCC3)sc2C1. The van der Waals surface area contributed by atoms with E-state index in [1.54, 1.807) is 17.0 Å². The van der Waals surface area contributed by atoms with E-state index in [4.69, 9.17) is 0 Å². The molecule has 0 unspecified atom stereocenters. The molecule has 5 rings (SSSR count). The van der Waals surface area contributed by atoms with Crippen molar-refractivity contribution >= 4 is 33.3 Å². The van der Waals surface area contributed by atoms with Gasteiger partial charge in [0.1, 0.15) is 5.69 Å². The second-order valence-corrected chi connectivity index (χ2v) is 9.17. The molecule has 0 saturated heterocycles. The number of aromatic nitrogens is 2. The Labute approximate surface area is 175 Å². The summed E-state index contributed by atoms with van der Waals surface area (Å²) in [5, 5.41) is 14.6. The minimum atomic E-state index is -2.59. The Hall–Kier alpha value is -2.52. The molecule has 30 heavy (non-hydrogen) atoms. The summed E-state index contributed by atoms with van der Waals surface area (Å²) in [4.78, 5) is 23.3. The molecule has 0 radical (unpaired) electrons. The fourth-order valence-corrected chi connectivity index (χ4v) is 5.12. The third-order valence-corrected chi connectivity index (χ3v) is 7.07. The lowest BCUT2D eigenvalue weighted by Gasteiger charge is -2.36. The van der Waals surface area contributed by atoms with E-state index in [-0.39, 0.29) is 11.5 Å². The maximum Gasteiger partial charge on any atom is 0.270 e. The number of aromatic amines is 1. The quantitative estimate of drug-likeness (QED) is 0.567. The highest BCUT2D eigenvalue weighted by atomic mass is 32.1. The number of H-pyrrole nitrogens is 1. The smallest absolute Gasteiger partial charge is 0.270 e. The molecule has 1 aliphatic heterocycles. The summed E-state index contributed by atoms with van der Waals surface area (Å²) < 4.78 is 26.5. The van der Waals surface area contributed by atoms with Gasteiger partial charge in [0.2, 0.25) is 0 Å². The third-order valence-electron chi connectivity index (χ3n) is 6.03. The molecule has 3 aromatic rings. The van der Waals surface area contributed by atoms with Crippen molar-refractivity contribution < 1.29 is 18.7 Å². The number of thiazole rings is 1. The van der Waals surface area contributed by atoms with E-state index < -0.39 is 12.0 Å². The van der Waals surface area contributed by atoms with E-state index in [9.17, 15) is 18.7 Å². The number of hydrogen-bond donors (Lipinski definition) is 3. The summed E-state index contributed by atoms with van der Waals surface area (Å²) in [6, 6.07) is 6.17. The summed E-state index contributed by atoms with van der Waals surface area (Å²) in [5.74, 6) is -0.205. The molecule has 1 aromatic carbocycles. The van der Waals surface area contributed by atoms with Crippen LogP contribution >= 0.6 is 11.3 Å². The number of aliphatic hydroxyl groups is 1. The summed E-state index contributed by atoms with van der Waals surface area (Å²) >= 11 is 1.50. The maximum atomic E-state index is 13.3. The van der Waals surface area contributed by atoms with Crippen LogP contribution in [0.15, 0.2) is 24.3 Å². The highest BCUT2D eigenvalue weighted by Gasteiger charge is 2.34. The molecule has 158 valence electrons. The van der Waals surface area contributed by atoms with Gasteiger partial charge in [-0.1, -0.05) is 23.5 Å². The van der Waals surface area contributed by atoms with Gasteiger partial charge in [-0.05, 0) is 31.4 Å². The number of rotatable bonds is 5. The predicted molar refractivity (Wildman–Crippen MR) is 111 cm³/mol. The van der Waals surface area contributed by atoms with Crippen LogP contribution in [0.1, 0.15) is 52.3 Å². The average Bonchev–Trinajstić information content (AvgIpc) is 3.32. The molecule has 1 saturated carbocycles. The van der Waals surface area contributed by atoms with Crippen molar-refractivity contribution in [3.05, 3.63) is 46.1 Å². The van der Waals surface area contributed by atoms with Crippen LogP contribution in [-0.2, 0) is 13.0 Å². The Morgan fingerprint density at radius 1 is 1.40 bits per heavy atom.